The highest BCUT2D eigenvalue weighted by molar-refractivity contribution is 6.02. The number of benzene rings is 2. The fraction of sp³-hybridized carbons (Fsp3) is 0.385. The van der Waals surface area contributed by atoms with Crippen LogP contribution in [0, 0.1) is 18.8 Å². The zero-order valence-corrected chi connectivity index (χ0v) is 19.5. The van der Waals surface area contributed by atoms with Crippen LogP contribution in [-0.2, 0) is 19.1 Å². The average molecular weight is 464 g/mol. The van der Waals surface area contributed by atoms with E-state index < -0.39 is 5.97 Å². The summed E-state index contributed by atoms with van der Waals surface area (Å²) >= 11 is 0. The van der Waals surface area contributed by atoms with Crippen LogP contribution in [0.2, 0.25) is 0 Å². The summed E-state index contributed by atoms with van der Waals surface area (Å²) in [6.07, 6.45) is 1.26. The zero-order chi connectivity index (χ0) is 24.2. The van der Waals surface area contributed by atoms with Gasteiger partial charge in [-0.1, -0.05) is 29.8 Å². The van der Waals surface area contributed by atoms with Crippen molar-refractivity contribution in [3.05, 3.63) is 59.7 Å². The first-order valence-corrected chi connectivity index (χ1v) is 11.5. The molecular weight excluding hydrogens is 434 g/mol. The minimum atomic E-state index is -0.512. The van der Waals surface area contributed by atoms with Crippen molar-refractivity contribution in [3.63, 3.8) is 0 Å². The number of methoxy groups -OCH3 is 1. The number of nitrogens with one attached hydrogen (secondary N) is 1. The number of anilines is 2. The summed E-state index contributed by atoms with van der Waals surface area (Å²) < 4.78 is 4.78. The van der Waals surface area contributed by atoms with E-state index in [1.165, 1.54) is 7.11 Å². The first kappa shape index (κ1) is 23.5. The molecule has 0 aliphatic carbocycles. The molecule has 2 aliphatic heterocycles. The van der Waals surface area contributed by atoms with Gasteiger partial charge in [0.15, 0.2) is 0 Å². The Morgan fingerprint density at radius 2 is 1.65 bits per heavy atom. The third-order valence-corrected chi connectivity index (χ3v) is 6.59. The van der Waals surface area contributed by atoms with Crippen LogP contribution in [-0.4, -0.2) is 55.3 Å². The van der Waals surface area contributed by atoms with Crippen molar-refractivity contribution in [1.82, 2.24) is 4.90 Å². The molecule has 1 N–H and O–H groups in total. The first-order chi connectivity index (χ1) is 16.4. The quantitative estimate of drug-likeness (QED) is 0.688. The van der Waals surface area contributed by atoms with E-state index in [-0.39, 0.29) is 36.0 Å². The summed E-state index contributed by atoms with van der Waals surface area (Å²) in [4.78, 5) is 53.8. The molecule has 0 saturated carbocycles. The molecule has 2 saturated heterocycles. The Hall–Kier alpha value is -3.68. The number of carbonyl (C=O) groups excluding carboxylic acids is 4. The largest absolute Gasteiger partial charge is 0.465 e. The number of carbonyl (C=O) groups is 4. The van der Waals surface area contributed by atoms with Gasteiger partial charge in [0, 0.05) is 37.7 Å². The Bertz CT molecular complexity index is 1090. The van der Waals surface area contributed by atoms with Crippen molar-refractivity contribution < 1.29 is 23.9 Å². The van der Waals surface area contributed by atoms with Crippen molar-refractivity contribution in [2.45, 2.75) is 26.2 Å². The van der Waals surface area contributed by atoms with Crippen LogP contribution in [0.5, 0.6) is 0 Å². The van der Waals surface area contributed by atoms with Gasteiger partial charge in [-0.05, 0) is 44.0 Å². The predicted molar refractivity (Wildman–Crippen MR) is 127 cm³/mol. The summed E-state index contributed by atoms with van der Waals surface area (Å²) in [6, 6.07) is 14.4. The van der Waals surface area contributed by atoms with Crippen molar-refractivity contribution >= 4 is 35.1 Å². The van der Waals surface area contributed by atoms with Crippen molar-refractivity contribution in [3.8, 4) is 0 Å². The lowest BCUT2D eigenvalue weighted by Crippen LogP contribution is -2.44. The second kappa shape index (κ2) is 10.1. The number of hydrogen-bond acceptors (Lipinski definition) is 5. The molecule has 2 aromatic carbocycles. The molecule has 0 aromatic heterocycles. The molecule has 4 rings (SSSR count). The van der Waals surface area contributed by atoms with Crippen LogP contribution in [0.4, 0.5) is 11.4 Å². The Morgan fingerprint density at radius 1 is 0.971 bits per heavy atom. The van der Waals surface area contributed by atoms with Gasteiger partial charge in [-0.25, -0.2) is 4.79 Å². The van der Waals surface area contributed by atoms with E-state index in [4.69, 9.17) is 4.74 Å². The molecule has 2 fully saturated rings. The molecular formula is C26H29N3O5. The molecule has 8 heteroatoms. The summed E-state index contributed by atoms with van der Waals surface area (Å²) in [6.45, 7) is 3.30. The summed E-state index contributed by atoms with van der Waals surface area (Å²) in [5.74, 6) is -1.39. The van der Waals surface area contributed by atoms with Gasteiger partial charge in [0.05, 0.1) is 24.3 Å². The fourth-order valence-corrected chi connectivity index (χ4v) is 4.58. The molecule has 178 valence electrons. The van der Waals surface area contributed by atoms with Crippen LogP contribution >= 0.6 is 0 Å². The maximum atomic E-state index is 13.1. The minimum absolute atomic E-state index is 0.0298. The predicted octanol–water partition coefficient (Wildman–Crippen LogP) is 3.01. The van der Waals surface area contributed by atoms with E-state index in [1.807, 2.05) is 31.2 Å². The fourth-order valence-electron chi connectivity index (χ4n) is 4.58. The standard InChI is InChI=1S/C26H29N3O5/c1-17-7-9-20(10-8-17)29-16-19(15-23(29)30)25(32)28-13-11-18(12-14-28)24(31)27-22-6-4-3-5-21(22)26(33)34-2/h3-10,18-19H,11-16H2,1-2H3,(H,27,31). The molecule has 1 atom stereocenters. The smallest absolute Gasteiger partial charge is 0.339 e. The summed E-state index contributed by atoms with van der Waals surface area (Å²) in [7, 11) is 1.30. The lowest BCUT2D eigenvalue weighted by Gasteiger charge is -2.33. The molecule has 0 spiro atoms. The van der Waals surface area contributed by atoms with E-state index >= 15 is 0 Å². The van der Waals surface area contributed by atoms with Gasteiger partial charge in [0.2, 0.25) is 17.7 Å². The van der Waals surface area contributed by atoms with Gasteiger partial charge in [-0.15, -0.1) is 0 Å². The number of amides is 3. The number of esters is 1. The van der Waals surface area contributed by atoms with E-state index in [0.717, 1.165) is 11.3 Å². The van der Waals surface area contributed by atoms with Crippen LogP contribution in [0.3, 0.4) is 0 Å². The molecule has 2 aromatic rings. The lowest BCUT2D eigenvalue weighted by atomic mass is 9.94. The van der Waals surface area contributed by atoms with Crippen molar-refractivity contribution in [1.29, 1.82) is 0 Å². The summed E-state index contributed by atoms with van der Waals surface area (Å²) in [5, 5.41) is 2.83. The number of hydrogen-bond donors (Lipinski definition) is 1. The average Bonchev–Trinajstić information content (AvgIpc) is 3.25. The topological polar surface area (TPSA) is 96.0 Å². The number of para-hydroxylation sites is 1. The van der Waals surface area contributed by atoms with Crippen molar-refractivity contribution in [2.24, 2.45) is 11.8 Å². The SMILES string of the molecule is COC(=O)c1ccccc1NC(=O)C1CCN(C(=O)C2CC(=O)N(c3ccc(C)cc3)C2)CC1. The third kappa shape index (κ3) is 4.95. The van der Waals surface area contributed by atoms with Crippen LogP contribution < -0.4 is 10.2 Å². The second-order valence-electron chi connectivity index (χ2n) is 8.87. The van der Waals surface area contributed by atoms with Gasteiger partial charge >= 0.3 is 5.97 Å². The Kier molecular flexibility index (Phi) is 6.95. The third-order valence-electron chi connectivity index (χ3n) is 6.59. The van der Waals surface area contributed by atoms with Gasteiger partial charge < -0.3 is 19.9 Å². The van der Waals surface area contributed by atoms with E-state index in [2.05, 4.69) is 5.32 Å². The highest BCUT2D eigenvalue weighted by Crippen LogP contribution is 2.29. The normalized spacial score (nSPS) is 18.6. The highest BCUT2D eigenvalue weighted by Gasteiger charge is 2.38. The number of rotatable bonds is 5. The number of ether oxygens (including phenoxy) is 1. The number of likely N-dealkylation sites (tertiary alicyclic amines) is 1. The van der Waals surface area contributed by atoms with Crippen LogP contribution in [0.25, 0.3) is 0 Å². The highest BCUT2D eigenvalue weighted by atomic mass is 16.5. The maximum absolute atomic E-state index is 13.1. The Morgan fingerprint density at radius 3 is 2.32 bits per heavy atom. The Labute approximate surface area is 198 Å². The zero-order valence-electron chi connectivity index (χ0n) is 19.5. The number of piperidine rings is 1. The molecule has 1 unspecified atom stereocenters. The van der Waals surface area contributed by atoms with E-state index in [1.54, 1.807) is 34.1 Å². The minimum Gasteiger partial charge on any atom is -0.465 e. The molecule has 0 bridgehead atoms. The molecule has 2 heterocycles. The molecule has 3 amide bonds. The van der Waals surface area contributed by atoms with Gasteiger partial charge in [0.1, 0.15) is 0 Å². The Balaban J connectivity index is 1.32. The van der Waals surface area contributed by atoms with Crippen LogP contribution in [0.15, 0.2) is 48.5 Å². The maximum Gasteiger partial charge on any atom is 0.339 e. The van der Waals surface area contributed by atoms with Gasteiger partial charge in [-0.2, -0.15) is 0 Å². The second-order valence-corrected chi connectivity index (χ2v) is 8.87. The molecule has 2 aliphatic rings. The van der Waals surface area contributed by atoms with Gasteiger partial charge in [0.25, 0.3) is 0 Å². The summed E-state index contributed by atoms with van der Waals surface area (Å²) in [5.41, 5.74) is 2.64. The molecule has 34 heavy (non-hydrogen) atoms. The van der Waals surface area contributed by atoms with Gasteiger partial charge in [-0.3, -0.25) is 14.4 Å². The number of aryl methyl sites for hydroxylation is 1. The monoisotopic (exact) mass is 463 g/mol. The number of nitrogens with zero attached hydrogens (tertiary/aromatic N) is 2. The molecule has 8 nitrogen and oxygen atoms in total. The first-order valence-electron chi connectivity index (χ1n) is 11.5. The lowest BCUT2D eigenvalue weighted by molar-refractivity contribution is -0.138. The van der Waals surface area contributed by atoms with Crippen molar-refractivity contribution in [2.75, 3.05) is 37.0 Å². The van der Waals surface area contributed by atoms with Crippen LogP contribution in [0.1, 0.15) is 35.2 Å². The van der Waals surface area contributed by atoms with E-state index in [0.29, 0.717) is 43.7 Å². The van der Waals surface area contributed by atoms with E-state index in [9.17, 15) is 19.2 Å². The molecule has 0 radical (unpaired) electrons.